The zero-order chi connectivity index (χ0) is 30.0. The Morgan fingerprint density at radius 3 is 2.34 bits per heavy atom. The molecule has 2 amide bonds. The number of aliphatic hydroxyl groups is 1. The highest BCUT2D eigenvalue weighted by Gasteiger charge is 2.18. The Bertz CT molecular complexity index is 1190. The summed E-state index contributed by atoms with van der Waals surface area (Å²) in [5.74, 6) is -0.981. The summed E-state index contributed by atoms with van der Waals surface area (Å²) in [5.41, 5.74) is 4.06. The number of urea groups is 1. The molecule has 1 atom stereocenters. The molecule has 1 unspecified atom stereocenters. The van der Waals surface area contributed by atoms with Crippen LogP contribution in [0, 0.1) is 3.70 Å². The number of halogens is 1. The van der Waals surface area contributed by atoms with Crippen LogP contribution in [0.2, 0.25) is 0 Å². The van der Waals surface area contributed by atoms with Crippen molar-refractivity contribution in [3.05, 3.63) is 75.8 Å². The van der Waals surface area contributed by atoms with Gasteiger partial charge in [0.2, 0.25) is 0 Å². The number of carboxylic acids is 1. The Hall–Kier alpha value is -3.09. The van der Waals surface area contributed by atoms with Crippen LogP contribution in [-0.4, -0.2) is 58.5 Å². The quantitative estimate of drug-likeness (QED) is 0.108. The van der Waals surface area contributed by atoms with E-state index in [0.717, 1.165) is 44.6 Å². The van der Waals surface area contributed by atoms with Crippen molar-refractivity contribution in [3.63, 3.8) is 0 Å². The van der Waals surface area contributed by atoms with Crippen LogP contribution in [0.15, 0.2) is 60.9 Å². The lowest BCUT2D eigenvalue weighted by atomic mass is 10.1. The monoisotopic (exact) mass is 676 g/mol. The molecule has 222 valence electrons. The van der Waals surface area contributed by atoms with Gasteiger partial charge >= 0.3 is 12.0 Å². The molecule has 3 N–H and O–H groups in total. The number of carbonyl (C=O) groups excluding carboxylic acids is 1. The fourth-order valence-corrected chi connectivity index (χ4v) is 4.20. The predicted octanol–water partition coefficient (Wildman–Crippen LogP) is 6.08. The van der Waals surface area contributed by atoms with Gasteiger partial charge in [0.05, 0.1) is 12.3 Å². The van der Waals surface area contributed by atoms with Gasteiger partial charge in [0.1, 0.15) is 3.70 Å². The molecule has 1 aromatic carbocycles. The van der Waals surface area contributed by atoms with Crippen LogP contribution in [0.4, 0.5) is 10.5 Å². The molecule has 0 saturated carbocycles. The SMILES string of the molecule is CCCCCCCNC(=O)N(C)c1cccc(-c2ccc(CC(OCC)C(=O)O)cn2)c1.OCc1ccc(I)nc1. The summed E-state index contributed by atoms with van der Waals surface area (Å²) in [6.45, 7) is 5.05. The fourth-order valence-electron chi connectivity index (χ4n) is 3.88. The Kier molecular flexibility index (Phi) is 15.9. The van der Waals surface area contributed by atoms with Crippen molar-refractivity contribution >= 4 is 40.3 Å². The van der Waals surface area contributed by atoms with Crippen molar-refractivity contribution in [2.45, 2.75) is 65.1 Å². The molecule has 0 aliphatic heterocycles. The van der Waals surface area contributed by atoms with E-state index in [0.29, 0.717) is 13.2 Å². The molecule has 3 aromatic rings. The minimum atomic E-state index is -0.981. The predicted molar refractivity (Wildman–Crippen MR) is 170 cm³/mol. The van der Waals surface area contributed by atoms with Crippen LogP contribution in [0.1, 0.15) is 57.1 Å². The van der Waals surface area contributed by atoms with Crippen LogP contribution in [0.3, 0.4) is 0 Å². The number of hydrogen-bond donors (Lipinski definition) is 3. The third kappa shape index (κ3) is 12.5. The summed E-state index contributed by atoms with van der Waals surface area (Å²) >= 11 is 2.12. The smallest absolute Gasteiger partial charge is 0.333 e. The van der Waals surface area contributed by atoms with Gasteiger partial charge in [-0.25, -0.2) is 14.6 Å². The first-order valence-corrected chi connectivity index (χ1v) is 15.0. The van der Waals surface area contributed by atoms with Crippen LogP contribution in [0.25, 0.3) is 11.3 Å². The molecule has 0 aliphatic rings. The first kappa shape index (κ1) is 34.1. The second-order valence-corrected chi connectivity index (χ2v) is 10.5. The average molecular weight is 677 g/mol. The maximum atomic E-state index is 12.5. The molecule has 0 spiro atoms. The van der Waals surface area contributed by atoms with Crippen LogP contribution in [0.5, 0.6) is 0 Å². The number of nitrogens with zero attached hydrogens (tertiary/aromatic N) is 3. The number of anilines is 1. The number of amides is 2. The molecule has 10 heteroatoms. The molecule has 0 saturated heterocycles. The number of carbonyl (C=O) groups is 2. The van der Waals surface area contributed by atoms with Gasteiger partial charge in [0.15, 0.2) is 6.10 Å². The lowest BCUT2D eigenvalue weighted by molar-refractivity contribution is -0.149. The summed E-state index contributed by atoms with van der Waals surface area (Å²) in [6.07, 6.45) is 8.50. The van der Waals surface area contributed by atoms with E-state index in [2.05, 4.69) is 44.8 Å². The summed E-state index contributed by atoms with van der Waals surface area (Å²) in [5, 5.41) is 20.8. The molecule has 3 rings (SSSR count). The van der Waals surface area contributed by atoms with Crippen LogP contribution in [-0.2, 0) is 22.6 Å². The van der Waals surface area contributed by atoms with Crippen molar-refractivity contribution in [1.82, 2.24) is 15.3 Å². The summed E-state index contributed by atoms with van der Waals surface area (Å²) in [4.78, 5) is 33.8. The largest absolute Gasteiger partial charge is 0.479 e. The van der Waals surface area contributed by atoms with E-state index in [-0.39, 0.29) is 19.1 Å². The van der Waals surface area contributed by atoms with Gasteiger partial charge in [0.25, 0.3) is 0 Å². The Labute approximate surface area is 256 Å². The minimum Gasteiger partial charge on any atom is -0.479 e. The van der Waals surface area contributed by atoms with E-state index in [4.69, 9.17) is 9.84 Å². The van der Waals surface area contributed by atoms with E-state index in [9.17, 15) is 14.7 Å². The van der Waals surface area contributed by atoms with Gasteiger partial charge in [-0.15, -0.1) is 0 Å². The van der Waals surface area contributed by atoms with E-state index in [1.54, 1.807) is 31.3 Å². The number of unbranched alkanes of at least 4 members (excludes halogenated alkanes) is 4. The Morgan fingerprint density at radius 1 is 1.00 bits per heavy atom. The summed E-state index contributed by atoms with van der Waals surface area (Å²) in [6, 6.07) is 14.9. The number of aliphatic hydroxyl groups excluding tert-OH is 1. The third-order valence-electron chi connectivity index (χ3n) is 6.25. The van der Waals surface area contributed by atoms with Crippen LogP contribution >= 0.6 is 22.6 Å². The number of aliphatic carboxylic acids is 1. The average Bonchev–Trinajstić information content (AvgIpc) is 2.99. The molecule has 0 radical (unpaired) electrons. The fraction of sp³-hybridized carbons (Fsp3) is 0.419. The van der Waals surface area contributed by atoms with E-state index in [1.165, 1.54) is 19.3 Å². The highest BCUT2D eigenvalue weighted by Crippen LogP contribution is 2.23. The Balaban J connectivity index is 0.000000553. The lowest BCUT2D eigenvalue weighted by Gasteiger charge is -2.19. The lowest BCUT2D eigenvalue weighted by Crippen LogP contribution is -2.37. The highest BCUT2D eigenvalue weighted by atomic mass is 127. The van der Waals surface area contributed by atoms with Gasteiger partial charge in [0, 0.05) is 50.3 Å². The summed E-state index contributed by atoms with van der Waals surface area (Å²) < 4.78 is 6.22. The molecule has 0 bridgehead atoms. The number of benzene rings is 1. The van der Waals surface area contributed by atoms with Gasteiger partial charge in [-0.1, -0.05) is 56.9 Å². The number of rotatable bonds is 14. The van der Waals surface area contributed by atoms with Crippen molar-refractivity contribution in [1.29, 1.82) is 0 Å². The normalized spacial score (nSPS) is 11.2. The van der Waals surface area contributed by atoms with Crippen molar-refractivity contribution < 1.29 is 24.5 Å². The first-order chi connectivity index (χ1) is 19.8. The van der Waals surface area contributed by atoms with Gasteiger partial charge in [-0.2, -0.15) is 0 Å². The second kappa shape index (κ2) is 19.1. The number of aromatic nitrogens is 2. The maximum Gasteiger partial charge on any atom is 0.333 e. The first-order valence-electron chi connectivity index (χ1n) is 13.9. The van der Waals surface area contributed by atoms with Gasteiger partial charge in [-0.05, 0) is 71.3 Å². The van der Waals surface area contributed by atoms with Crippen molar-refractivity contribution in [3.8, 4) is 11.3 Å². The van der Waals surface area contributed by atoms with Crippen molar-refractivity contribution in [2.75, 3.05) is 25.1 Å². The number of pyridine rings is 2. The van der Waals surface area contributed by atoms with Gasteiger partial charge in [-0.3, -0.25) is 9.88 Å². The minimum absolute atomic E-state index is 0.0733. The van der Waals surface area contributed by atoms with E-state index < -0.39 is 12.1 Å². The number of carboxylic acid groups (broad SMARTS) is 1. The number of nitrogens with one attached hydrogen (secondary N) is 1. The topological polar surface area (TPSA) is 125 Å². The maximum absolute atomic E-state index is 12.5. The number of hydrogen-bond acceptors (Lipinski definition) is 6. The zero-order valence-corrected chi connectivity index (χ0v) is 26.2. The molecule has 9 nitrogen and oxygen atoms in total. The molecule has 41 heavy (non-hydrogen) atoms. The van der Waals surface area contributed by atoms with Crippen LogP contribution < -0.4 is 10.2 Å². The molecule has 2 aromatic heterocycles. The van der Waals surface area contributed by atoms with Gasteiger partial charge < -0.3 is 20.3 Å². The Morgan fingerprint density at radius 2 is 1.73 bits per heavy atom. The zero-order valence-electron chi connectivity index (χ0n) is 24.1. The van der Waals surface area contributed by atoms with E-state index >= 15 is 0 Å². The number of ether oxygens (including phenoxy) is 1. The molecule has 0 fully saturated rings. The molecule has 0 aliphatic carbocycles. The molecule has 2 heterocycles. The third-order valence-corrected chi connectivity index (χ3v) is 6.89. The van der Waals surface area contributed by atoms with E-state index in [1.807, 2.05) is 48.5 Å². The van der Waals surface area contributed by atoms with Crippen molar-refractivity contribution in [2.24, 2.45) is 0 Å². The standard InChI is InChI=1S/C25H35N3O4.C6H6INO/c1-4-6-7-8-9-15-26-25(31)28(3)21-12-10-11-20(17-21)22-14-13-19(18-27-22)16-23(24(29)30)32-5-2;7-6-2-1-5(4-9)3-8-6/h10-14,17-18,23H,4-9,15-16H2,1-3H3,(H,26,31)(H,29,30);1-3,9H,4H2. The second-order valence-electron chi connectivity index (χ2n) is 9.44. The highest BCUT2D eigenvalue weighted by molar-refractivity contribution is 14.1. The molecular weight excluding hydrogens is 635 g/mol. The molecular formula is C31H41IN4O5. The summed E-state index contributed by atoms with van der Waals surface area (Å²) in [7, 11) is 1.75.